The highest BCUT2D eigenvalue weighted by Crippen LogP contribution is 2.44. The molecule has 4 rings (SSSR count). The van der Waals surface area contributed by atoms with Crippen LogP contribution in [0.25, 0.3) is 10.9 Å². The first-order valence-corrected chi connectivity index (χ1v) is 10.5. The molecule has 176 valence electrons. The summed E-state index contributed by atoms with van der Waals surface area (Å²) in [5.74, 6) is -0.938. The van der Waals surface area contributed by atoms with Crippen LogP contribution in [-0.2, 0) is 10.3 Å². The van der Waals surface area contributed by atoms with Crippen LogP contribution in [0, 0.1) is 34.3 Å². The number of aromatic nitrogens is 2. The molecule has 1 aromatic carbocycles. The van der Waals surface area contributed by atoms with Crippen LogP contribution in [-0.4, -0.2) is 28.7 Å². The van der Waals surface area contributed by atoms with E-state index in [4.69, 9.17) is 21.2 Å². The summed E-state index contributed by atoms with van der Waals surface area (Å²) in [7, 11) is 0. The third kappa shape index (κ3) is 4.72. The van der Waals surface area contributed by atoms with E-state index < -0.39 is 29.7 Å². The van der Waals surface area contributed by atoms with Gasteiger partial charge in [0.05, 0.1) is 18.4 Å². The molecule has 0 amide bonds. The van der Waals surface area contributed by atoms with Gasteiger partial charge in [-0.2, -0.15) is 5.26 Å². The SMILES string of the molecule is C[C@@](CF)(C[C@H]1C[C@H]1NOC(=N)N)c1cc(Nc2ncc(F)c3cc(C#N)cnc23)ccc1F. The van der Waals surface area contributed by atoms with E-state index in [1.807, 2.05) is 6.07 Å². The van der Waals surface area contributed by atoms with Crippen LogP contribution in [0.15, 0.2) is 36.7 Å². The fourth-order valence-electron chi connectivity index (χ4n) is 4.01. The van der Waals surface area contributed by atoms with Crippen molar-refractivity contribution in [2.45, 2.75) is 31.2 Å². The summed E-state index contributed by atoms with van der Waals surface area (Å²) in [5.41, 5.74) is 7.70. The molecule has 2 heterocycles. The third-order valence-corrected chi connectivity index (χ3v) is 5.94. The van der Waals surface area contributed by atoms with Crippen molar-refractivity contribution in [2.75, 3.05) is 12.0 Å². The minimum Gasteiger partial charge on any atom is -0.371 e. The average Bonchev–Trinajstić information content (AvgIpc) is 3.57. The largest absolute Gasteiger partial charge is 0.371 e. The van der Waals surface area contributed by atoms with Crippen molar-refractivity contribution in [3.05, 3.63) is 59.4 Å². The number of nitrogens with one attached hydrogen (secondary N) is 3. The number of fused-ring (bicyclic) bond motifs is 1. The van der Waals surface area contributed by atoms with Gasteiger partial charge in [0.25, 0.3) is 6.02 Å². The molecule has 5 N–H and O–H groups in total. The van der Waals surface area contributed by atoms with E-state index in [2.05, 4.69) is 20.8 Å². The predicted octanol–water partition coefficient (Wildman–Crippen LogP) is 3.94. The lowest BCUT2D eigenvalue weighted by atomic mass is 9.78. The summed E-state index contributed by atoms with van der Waals surface area (Å²) in [5, 5.41) is 19.3. The minimum absolute atomic E-state index is 0.0253. The number of amidine groups is 1. The van der Waals surface area contributed by atoms with Crippen LogP contribution in [0.4, 0.5) is 24.7 Å². The van der Waals surface area contributed by atoms with Gasteiger partial charge >= 0.3 is 0 Å². The summed E-state index contributed by atoms with van der Waals surface area (Å²) in [4.78, 5) is 13.0. The highest BCUT2D eigenvalue weighted by Gasteiger charge is 2.44. The van der Waals surface area contributed by atoms with Crippen LogP contribution >= 0.6 is 0 Å². The van der Waals surface area contributed by atoms with E-state index in [-0.39, 0.29) is 39.8 Å². The molecule has 2 aromatic heterocycles. The molecule has 0 bridgehead atoms. The van der Waals surface area contributed by atoms with Crippen LogP contribution in [0.1, 0.15) is 30.9 Å². The van der Waals surface area contributed by atoms with E-state index in [0.717, 1.165) is 6.20 Å². The van der Waals surface area contributed by atoms with Gasteiger partial charge in [-0.3, -0.25) is 14.8 Å². The van der Waals surface area contributed by atoms with Gasteiger partial charge in [0.15, 0.2) is 11.6 Å². The fraction of sp³-hybridized carbons (Fsp3) is 0.304. The van der Waals surface area contributed by atoms with Crippen molar-refractivity contribution < 1.29 is 18.0 Å². The first-order chi connectivity index (χ1) is 16.2. The van der Waals surface area contributed by atoms with Gasteiger partial charge in [0.1, 0.15) is 17.4 Å². The second kappa shape index (κ2) is 9.15. The number of halogens is 3. The molecule has 34 heavy (non-hydrogen) atoms. The molecule has 1 aliphatic carbocycles. The maximum absolute atomic E-state index is 14.8. The summed E-state index contributed by atoms with van der Waals surface area (Å²) >= 11 is 0. The van der Waals surface area contributed by atoms with Gasteiger partial charge in [-0.25, -0.2) is 13.8 Å². The Morgan fingerprint density at radius 1 is 1.29 bits per heavy atom. The molecule has 0 radical (unpaired) electrons. The maximum atomic E-state index is 14.8. The third-order valence-electron chi connectivity index (χ3n) is 5.94. The number of hydroxylamine groups is 1. The molecule has 1 fully saturated rings. The maximum Gasteiger partial charge on any atom is 0.299 e. The first kappa shape index (κ1) is 23.3. The highest BCUT2D eigenvalue weighted by atomic mass is 19.1. The quantitative estimate of drug-likeness (QED) is 0.223. The van der Waals surface area contributed by atoms with Crippen LogP contribution in [0.3, 0.4) is 0 Å². The van der Waals surface area contributed by atoms with Crippen molar-refractivity contribution in [3.8, 4) is 6.07 Å². The second-order valence-electron chi connectivity index (χ2n) is 8.59. The Bertz CT molecular complexity index is 1300. The Morgan fingerprint density at radius 3 is 2.79 bits per heavy atom. The fourth-order valence-corrected chi connectivity index (χ4v) is 4.01. The first-order valence-electron chi connectivity index (χ1n) is 10.5. The van der Waals surface area contributed by atoms with Crippen molar-refractivity contribution in [2.24, 2.45) is 11.7 Å². The van der Waals surface area contributed by atoms with Crippen molar-refractivity contribution in [1.82, 2.24) is 15.4 Å². The van der Waals surface area contributed by atoms with Gasteiger partial charge in [0.2, 0.25) is 0 Å². The zero-order valence-corrected chi connectivity index (χ0v) is 18.2. The van der Waals surface area contributed by atoms with Crippen molar-refractivity contribution >= 4 is 28.4 Å². The van der Waals surface area contributed by atoms with Crippen LogP contribution in [0.5, 0.6) is 0 Å². The summed E-state index contributed by atoms with van der Waals surface area (Å²) in [6.07, 6.45) is 3.34. The number of nitrogens with two attached hydrogens (primary N) is 1. The molecule has 0 saturated heterocycles. The van der Waals surface area contributed by atoms with Gasteiger partial charge in [0, 0.05) is 28.7 Å². The number of pyridine rings is 2. The summed E-state index contributed by atoms with van der Waals surface area (Å²) < 4.78 is 43.3. The molecule has 1 saturated carbocycles. The highest BCUT2D eigenvalue weighted by molar-refractivity contribution is 5.90. The van der Waals surface area contributed by atoms with E-state index in [1.54, 1.807) is 6.92 Å². The zero-order chi connectivity index (χ0) is 24.5. The molecule has 1 aliphatic rings. The molecule has 3 atom stereocenters. The lowest BCUT2D eigenvalue weighted by Gasteiger charge is -2.28. The van der Waals surface area contributed by atoms with E-state index in [1.165, 1.54) is 30.5 Å². The second-order valence-corrected chi connectivity index (χ2v) is 8.59. The Kier molecular flexibility index (Phi) is 6.26. The van der Waals surface area contributed by atoms with E-state index >= 15 is 0 Å². The van der Waals surface area contributed by atoms with Gasteiger partial charge < -0.3 is 15.9 Å². The molecule has 3 aromatic rings. The lowest BCUT2D eigenvalue weighted by molar-refractivity contribution is 0.160. The predicted molar refractivity (Wildman–Crippen MR) is 120 cm³/mol. The molecule has 0 spiro atoms. The zero-order valence-electron chi connectivity index (χ0n) is 18.2. The Balaban J connectivity index is 1.59. The molecule has 11 heteroatoms. The van der Waals surface area contributed by atoms with Gasteiger partial charge in [-0.15, -0.1) is 5.48 Å². The summed E-state index contributed by atoms with van der Waals surface area (Å²) in [6, 6.07) is 6.93. The lowest BCUT2D eigenvalue weighted by Crippen LogP contribution is -2.31. The molecule has 0 aliphatic heterocycles. The summed E-state index contributed by atoms with van der Waals surface area (Å²) in [6.45, 7) is 0.854. The van der Waals surface area contributed by atoms with E-state index in [9.17, 15) is 13.2 Å². The van der Waals surface area contributed by atoms with Crippen molar-refractivity contribution in [1.29, 1.82) is 10.7 Å². The number of nitriles is 1. The Labute approximate surface area is 193 Å². The monoisotopic (exact) mass is 469 g/mol. The topological polar surface area (TPSA) is 133 Å². The smallest absolute Gasteiger partial charge is 0.299 e. The molecule has 0 unspecified atom stereocenters. The van der Waals surface area contributed by atoms with Crippen molar-refractivity contribution in [3.63, 3.8) is 0 Å². The Morgan fingerprint density at radius 2 is 2.09 bits per heavy atom. The number of nitrogens with zero attached hydrogens (tertiary/aromatic N) is 3. The number of alkyl halides is 1. The standard InChI is InChI=1S/C23H22F3N7O/c1-23(11-24,7-13-5-19(13)33-34-22(28)29)16-6-14(2-3-17(16)25)32-21-20-15(18(26)10-31-21)4-12(8-27)9-30-20/h2-4,6,9-10,13,19,33H,5,7,11H2,1H3,(H3,28,29)(H,31,32)/t13-,19-,23+/m1/s1. The van der Waals surface area contributed by atoms with Gasteiger partial charge in [-0.05, 0) is 48.6 Å². The normalized spacial score (nSPS) is 18.7. The molecular weight excluding hydrogens is 447 g/mol. The molecular formula is C23H22F3N7O. The number of anilines is 2. The number of hydrogen-bond acceptors (Lipinski definition) is 7. The van der Waals surface area contributed by atoms with Gasteiger partial charge in [-0.1, -0.05) is 6.92 Å². The van der Waals surface area contributed by atoms with Crippen LogP contribution in [0.2, 0.25) is 0 Å². The minimum atomic E-state index is -1.11. The number of benzene rings is 1. The van der Waals surface area contributed by atoms with E-state index in [0.29, 0.717) is 18.5 Å². The average molecular weight is 469 g/mol. The number of hydrogen-bond donors (Lipinski definition) is 4. The van der Waals surface area contributed by atoms with Crippen LogP contribution < -0.4 is 16.5 Å². The molecule has 8 nitrogen and oxygen atoms in total. The Hall–Kier alpha value is -3.91. The number of rotatable bonds is 8.